The predicted molar refractivity (Wildman–Crippen MR) is 74.5 cm³/mol. The number of ether oxygens (including phenoxy) is 2. The number of piperidine rings is 1. The van der Waals surface area contributed by atoms with E-state index in [1.807, 2.05) is 0 Å². The second-order valence-electron chi connectivity index (χ2n) is 5.86. The largest absolute Gasteiger partial charge is 0.464 e. The minimum atomic E-state index is -0.593. The van der Waals surface area contributed by atoms with Gasteiger partial charge >= 0.3 is 12.1 Å². The third-order valence-corrected chi connectivity index (χ3v) is 4.67. The first-order valence-corrected chi connectivity index (χ1v) is 7.57. The van der Waals surface area contributed by atoms with Crippen molar-refractivity contribution in [1.82, 2.24) is 4.90 Å². The molecule has 6 heteroatoms. The highest BCUT2D eigenvalue weighted by molar-refractivity contribution is 5.81. The first kappa shape index (κ1) is 15.8. The van der Waals surface area contributed by atoms with Gasteiger partial charge in [-0.3, -0.25) is 4.90 Å². The number of fused-ring (bicyclic) bond motifs is 1. The van der Waals surface area contributed by atoms with Crippen LogP contribution in [-0.2, 0) is 19.1 Å². The average molecular weight is 297 g/mol. The molecule has 4 atom stereocenters. The highest BCUT2D eigenvalue weighted by atomic mass is 16.6. The van der Waals surface area contributed by atoms with Crippen molar-refractivity contribution in [3.05, 3.63) is 0 Å². The topological polar surface area (TPSA) is 72.9 Å². The summed E-state index contributed by atoms with van der Waals surface area (Å²) < 4.78 is 9.87. The lowest BCUT2D eigenvalue weighted by molar-refractivity contribution is -0.152. The first-order chi connectivity index (χ1) is 10.1. The molecule has 0 N–H and O–H groups in total. The maximum atomic E-state index is 12.1. The number of aldehydes is 1. The Kier molecular flexibility index (Phi) is 5.20. The second-order valence-corrected chi connectivity index (χ2v) is 5.86. The van der Waals surface area contributed by atoms with E-state index in [4.69, 9.17) is 9.47 Å². The highest BCUT2D eigenvalue weighted by Crippen LogP contribution is 2.40. The van der Waals surface area contributed by atoms with Crippen LogP contribution < -0.4 is 0 Å². The molecule has 1 amide bonds. The number of hydrogen-bond acceptors (Lipinski definition) is 5. The predicted octanol–water partition coefficient (Wildman–Crippen LogP) is 1.62. The molecule has 118 valence electrons. The lowest BCUT2D eigenvalue weighted by Crippen LogP contribution is -2.55. The number of amides is 1. The van der Waals surface area contributed by atoms with Crippen molar-refractivity contribution < 1.29 is 23.9 Å². The van der Waals surface area contributed by atoms with E-state index in [1.165, 1.54) is 12.0 Å². The molecule has 0 aromatic heterocycles. The van der Waals surface area contributed by atoms with Crippen molar-refractivity contribution in [2.24, 2.45) is 17.8 Å². The normalized spacial score (nSPS) is 32.0. The summed E-state index contributed by atoms with van der Waals surface area (Å²) in [5.74, 6) is 0.337. The van der Waals surface area contributed by atoms with Crippen LogP contribution in [0.2, 0.25) is 0 Å². The van der Waals surface area contributed by atoms with E-state index in [9.17, 15) is 14.4 Å². The SMILES string of the molecule is CCOC(=O)C1CC2CC(C=O)CCC2CN1C(=O)OC. The molecule has 2 rings (SSSR count). The van der Waals surface area contributed by atoms with Gasteiger partial charge in [0.05, 0.1) is 13.7 Å². The number of likely N-dealkylation sites (tertiary alicyclic amines) is 1. The Balaban J connectivity index is 2.13. The molecule has 21 heavy (non-hydrogen) atoms. The standard InChI is InChI=1S/C15H23NO5/c1-3-21-14(18)13-7-12-6-10(9-17)4-5-11(12)8-16(13)15(19)20-2/h9-13H,3-8H2,1-2H3. The Labute approximate surface area is 124 Å². The summed E-state index contributed by atoms with van der Waals surface area (Å²) in [5, 5.41) is 0. The van der Waals surface area contributed by atoms with Crippen molar-refractivity contribution in [1.29, 1.82) is 0 Å². The zero-order valence-corrected chi connectivity index (χ0v) is 12.6. The quantitative estimate of drug-likeness (QED) is 0.584. The number of carbonyl (C=O) groups excluding carboxylic acids is 3. The van der Waals surface area contributed by atoms with Gasteiger partial charge < -0.3 is 14.3 Å². The van der Waals surface area contributed by atoms with Crippen LogP contribution in [0.5, 0.6) is 0 Å². The van der Waals surface area contributed by atoms with Crippen LogP contribution in [0.4, 0.5) is 4.79 Å². The molecular weight excluding hydrogens is 274 g/mol. The number of nitrogens with zero attached hydrogens (tertiary/aromatic N) is 1. The molecule has 0 bridgehead atoms. The van der Waals surface area contributed by atoms with E-state index in [2.05, 4.69) is 0 Å². The van der Waals surface area contributed by atoms with Crippen molar-refractivity contribution in [2.75, 3.05) is 20.3 Å². The summed E-state index contributed by atoms with van der Waals surface area (Å²) in [4.78, 5) is 36.5. The maximum Gasteiger partial charge on any atom is 0.410 e. The Hall–Kier alpha value is -1.59. The number of carbonyl (C=O) groups is 3. The van der Waals surface area contributed by atoms with Gasteiger partial charge in [0.25, 0.3) is 0 Å². The third kappa shape index (κ3) is 3.36. The van der Waals surface area contributed by atoms with Crippen LogP contribution >= 0.6 is 0 Å². The zero-order chi connectivity index (χ0) is 15.4. The van der Waals surface area contributed by atoms with E-state index in [0.29, 0.717) is 24.8 Å². The first-order valence-electron chi connectivity index (χ1n) is 7.57. The molecule has 0 aromatic rings. The maximum absolute atomic E-state index is 12.1. The molecule has 1 aliphatic heterocycles. The molecule has 6 nitrogen and oxygen atoms in total. The van der Waals surface area contributed by atoms with Crippen LogP contribution in [0.25, 0.3) is 0 Å². The van der Waals surface area contributed by atoms with Gasteiger partial charge in [0, 0.05) is 12.5 Å². The van der Waals surface area contributed by atoms with E-state index in [0.717, 1.165) is 25.5 Å². The molecule has 2 fully saturated rings. The molecule has 0 radical (unpaired) electrons. The van der Waals surface area contributed by atoms with Crippen LogP contribution in [0.3, 0.4) is 0 Å². The van der Waals surface area contributed by atoms with E-state index in [-0.39, 0.29) is 18.5 Å². The van der Waals surface area contributed by atoms with Crippen LogP contribution in [0.15, 0.2) is 0 Å². The highest BCUT2D eigenvalue weighted by Gasteiger charge is 2.44. The van der Waals surface area contributed by atoms with Gasteiger partial charge in [-0.05, 0) is 44.4 Å². The van der Waals surface area contributed by atoms with Gasteiger partial charge in [-0.25, -0.2) is 9.59 Å². The fourth-order valence-electron chi connectivity index (χ4n) is 3.59. The molecule has 0 aromatic carbocycles. The fraction of sp³-hybridized carbons (Fsp3) is 0.800. The van der Waals surface area contributed by atoms with Gasteiger partial charge in [-0.15, -0.1) is 0 Å². The Morgan fingerprint density at radius 3 is 2.62 bits per heavy atom. The van der Waals surface area contributed by atoms with E-state index in [1.54, 1.807) is 6.92 Å². The summed E-state index contributed by atoms with van der Waals surface area (Å²) in [5.41, 5.74) is 0. The van der Waals surface area contributed by atoms with E-state index >= 15 is 0 Å². The number of esters is 1. The average Bonchev–Trinajstić information content (AvgIpc) is 2.52. The molecule has 1 aliphatic carbocycles. The summed E-state index contributed by atoms with van der Waals surface area (Å²) in [6.07, 6.45) is 3.68. The molecular formula is C15H23NO5. The number of methoxy groups -OCH3 is 1. The Bertz CT molecular complexity index is 411. The molecule has 0 spiro atoms. The Morgan fingerprint density at radius 1 is 1.24 bits per heavy atom. The molecule has 1 heterocycles. The smallest absolute Gasteiger partial charge is 0.410 e. The van der Waals surface area contributed by atoms with Crippen molar-refractivity contribution in [2.45, 2.75) is 38.6 Å². The number of hydrogen-bond donors (Lipinski definition) is 0. The van der Waals surface area contributed by atoms with Gasteiger partial charge in [0.1, 0.15) is 12.3 Å². The fourth-order valence-corrected chi connectivity index (χ4v) is 3.59. The minimum Gasteiger partial charge on any atom is -0.464 e. The van der Waals surface area contributed by atoms with Gasteiger partial charge in [0.2, 0.25) is 0 Å². The van der Waals surface area contributed by atoms with Crippen molar-refractivity contribution >= 4 is 18.3 Å². The lowest BCUT2D eigenvalue weighted by atomic mass is 9.69. The van der Waals surface area contributed by atoms with E-state index < -0.39 is 12.1 Å². The van der Waals surface area contributed by atoms with Crippen molar-refractivity contribution in [3.8, 4) is 0 Å². The summed E-state index contributed by atoms with van der Waals surface area (Å²) in [6.45, 7) is 2.54. The lowest BCUT2D eigenvalue weighted by Gasteiger charge is -2.45. The van der Waals surface area contributed by atoms with Crippen LogP contribution in [0.1, 0.15) is 32.6 Å². The molecule has 4 unspecified atom stereocenters. The van der Waals surface area contributed by atoms with Crippen molar-refractivity contribution in [3.63, 3.8) is 0 Å². The van der Waals surface area contributed by atoms with Crippen LogP contribution in [-0.4, -0.2) is 49.6 Å². The van der Waals surface area contributed by atoms with Gasteiger partial charge in [-0.1, -0.05) is 0 Å². The zero-order valence-electron chi connectivity index (χ0n) is 12.6. The second kappa shape index (κ2) is 6.91. The van der Waals surface area contributed by atoms with Crippen LogP contribution in [0, 0.1) is 17.8 Å². The molecule has 1 saturated heterocycles. The molecule has 2 aliphatic rings. The summed E-state index contributed by atoms with van der Waals surface area (Å²) >= 11 is 0. The van der Waals surface area contributed by atoms with Gasteiger partial charge in [0.15, 0.2) is 0 Å². The third-order valence-electron chi connectivity index (χ3n) is 4.67. The Morgan fingerprint density at radius 2 is 2.00 bits per heavy atom. The monoisotopic (exact) mass is 297 g/mol. The van der Waals surface area contributed by atoms with Gasteiger partial charge in [-0.2, -0.15) is 0 Å². The number of rotatable bonds is 3. The minimum absolute atomic E-state index is 0.0822. The summed E-state index contributed by atoms with van der Waals surface area (Å²) in [6, 6.07) is -0.593. The molecule has 1 saturated carbocycles. The summed E-state index contributed by atoms with van der Waals surface area (Å²) in [7, 11) is 1.32.